The molecule has 1 aliphatic carbocycles. The van der Waals surface area contributed by atoms with E-state index in [1.807, 2.05) is 13.1 Å². The predicted molar refractivity (Wildman–Crippen MR) is 65.3 cm³/mol. The zero-order valence-electron chi connectivity index (χ0n) is 9.47. The summed E-state index contributed by atoms with van der Waals surface area (Å²) in [4.78, 5) is 0. The molecule has 1 aromatic rings. The van der Waals surface area contributed by atoms with Crippen LogP contribution in [0.15, 0.2) is 18.2 Å². The number of benzene rings is 1. The summed E-state index contributed by atoms with van der Waals surface area (Å²) in [5, 5.41) is 3.53. The smallest absolute Gasteiger partial charge is 0.142 e. The van der Waals surface area contributed by atoms with Gasteiger partial charge in [-0.15, -0.1) is 0 Å². The lowest BCUT2D eigenvalue weighted by molar-refractivity contribution is 0.235. The molecule has 1 aliphatic rings. The number of hydrogen-bond acceptors (Lipinski definition) is 1. The Morgan fingerprint density at radius 3 is 2.75 bits per heavy atom. The highest BCUT2D eigenvalue weighted by Gasteiger charge is 2.26. The van der Waals surface area contributed by atoms with Crippen LogP contribution in [0.4, 0.5) is 4.39 Å². The summed E-state index contributed by atoms with van der Waals surface area (Å²) in [6.07, 6.45) is 4.80. The van der Waals surface area contributed by atoms with Crippen molar-refractivity contribution in [3.63, 3.8) is 0 Å². The first-order valence-electron chi connectivity index (χ1n) is 5.82. The Labute approximate surface area is 101 Å². The van der Waals surface area contributed by atoms with Crippen LogP contribution in [0, 0.1) is 11.7 Å². The van der Waals surface area contributed by atoms with Crippen molar-refractivity contribution >= 4 is 11.6 Å². The van der Waals surface area contributed by atoms with Gasteiger partial charge in [-0.1, -0.05) is 24.1 Å². The van der Waals surface area contributed by atoms with Crippen molar-refractivity contribution in [3.05, 3.63) is 34.6 Å². The highest BCUT2D eigenvalue weighted by atomic mass is 35.5. The highest BCUT2D eigenvalue weighted by molar-refractivity contribution is 6.30. The van der Waals surface area contributed by atoms with Crippen LogP contribution in [-0.4, -0.2) is 13.1 Å². The molecule has 1 atom stereocenters. The van der Waals surface area contributed by atoms with E-state index < -0.39 is 0 Å². The van der Waals surface area contributed by atoms with Crippen molar-refractivity contribution in [1.29, 1.82) is 0 Å². The zero-order valence-corrected chi connectivity index (χ0v) is 10.2. The minimum absolute atomic E-state index is 0.202. The van der Waals surface area contributed by atoms with Gasteiger partial charge in [0.25, 0.3) is 0 Å². The van der Waals surface area contributed by atoms with Gasteiger partial charge in [0.1, 0.15) is 5.82 Å². The van der Waals surface area contributed by atoms with E-state index >= 15 is 0 Å². The predicted octanol–water partition coefficient (Wildman–Crippen LogP) is 3.41. The number of nitrogens with one attached hydrogen (secondary N) is 1. The van der Waals surface area contributed by atoms with E-state index in [9.17, 15) is 4.39 Å². The summed E-state index contributed by atoms with van der Waals surface area (Å²) in [7, 11) is 1.98. The summed E-state index contributed by atoms with van der Waals surface area (Å²) in [5.74, 6) is 0.436. The molecule has 1 aromatic carbocycles. The van der Waals surface area contributed by atoms with Gasteiger partial charge in [0.05, 0.1) is 5.02 Å². The van der Waals surface area contributed by atoms with Crippen LogP contribution < -0.4 is 5.32 Å². The van der Waals surface area contributed by atoms with Crippen molar-refractivity contribution in [3.8, 4) is 0 Å². The first kappa shape index (κ1) is 11.9. The van der Waals surface area contributed by atoms with Crippen LogP contribution >= 0.6 is 11.6 Å². The molecule has 0 bridgehead atoms. The molecule has 0 heterocycles. The maximum absolute atomic E-state index is 13.3. The third kappa shape index (κ3) is 2.55. The Kier molecular flexibility index (Phi) is 3.82. The summed E-state index contributed by atoms with van der Waals surface area (Å²) in [6, 6.07) is 5.56. The Balaban J connectivity index is 2.03. The van der Waals surface area contributed by atoms with E-state index in [0.717, 1.165) is 17.9 Å². The molecule has 88 valence electrons. The minimum atomic E-state index is -0.317. The third-order valence-corrected chi connectivity index (χ3v) is 3.84. The number of rotatable bonds is 4. The van der Waals surface area contributed by atoms with Crippen LogP contribution in [0.3, 0.4) is 0 Å². The number of halogens is 2. The van der Waals surface area contributed by atoms with E-state index in [1.165, 1.54) is 19.3 Å². The van der Waals surface area contributed by atoms with Crippen LogP contribution in [-0.2, 0) is 6.42 Å². The van der Waals surface area contributed by atoms with Crippen LogP contribution in [0.25, 0.3) is 0 Å². The summed E-state index contributed by atoms with van der Waals surface area (Å²) < 4.78 is 13.3. The van der Waals surface area contributed by atoms with Gasteiger partial charge in [0.15, 0.2) is 0 Å². The Morgan fingerprint density at radius 1 is 1.50 bits per heavy atom. The quantitative estimate of drug-likeness (QED) is 0.852. The van der Waals surface area contributed by atoms with Gasteiger partial charge in [-0.25, -0.2) is 4.39 Å². The van der Waals surface area contributed by atoms with Crippen LogP contribution in [0.5, 0.6) is 0 Å². The fourth-order valence-corrected chi connectivity index (χ4v) is 2.38. The van der Waals surface area contributed by atoms with E-state index in [-0.39, 0.29) is 10.8 Å². The second-order valence-electron chi connectivity index (χ2n) is 4.54. The fraction of sp³-hybridized carbons (Fsp3) is 0.538. The molecule has 0 aromatic heterocycles. The fourth-order valence-electron chi connectivity index (χ4n) is 2.27. The van der Waals surface area contributed by atoms with Gasteiger partial charge >= 0.3 is 0 Å². The molecule has 0 amide bonds. The van der Waals surface area contributed by atoms with Gasteiger partial charge in [-0.2, -0.15) is 0 Å². The van der Waals surface area contributed by atoms with E-state index in [4.69, 9.17) is 11.6 Å². The average Bonchev–Trinajstić information content (AvgIpc) is 2.20. The van der Waals surface area contributed by atoms with Crippen molar-refractivity contribution in [2.75, 3.05) is 7.05 Å². The molecule has 0 aliphatic heterocycles. The molecule has 0 spiro atoms. The molecule has 3 heteroatoms. The summed E-state index contributed by atoms with van der Waals surface area (Å²) in [6.45, 7) is 0. The van der Waals surface area contributed by atoms with Gasteiger partial charge in [-0.3, -0.25) is 0 Å². The molecule has 1 fully saturated rings. The standard InChI is InChI=1S/C13H17ClFN/c1-16-13(10-3-2-4-10)8-9-5-6-11(14)12(15)7-9/h5-7,10,13,16H,2-4,8H2,1H3. The molecule has 0 radical (unpaired) electrons. The van der Waals surface area contributed by atoms with Gasteiger partial charge in [0.2, 0.25) is 0 Å². The lowest BCUT2D eigenvalue weighted by Crippen LogP contribution is -2.39. The molecule has 1 N–H and O–H groups in total. The summed E-state index contributed by atoms with van der Waals surface area (Å²) in [5.41, 5.74) is 1.02. The molecule has 2 rings (SSSR count). The Morgan fingerprint density at radius 2 is 2.25 bits per heavy atom. The van der Waals surface area contributed by atoms with Crippen molar-refractivity contribution in [2.24, 2.45) is 5.92 Å². The van der Waals surface area contributed by atoms with Crippen LogP contribution in [0.2, 0.25) is 5.02 Å². The van der Waals surface area contributed by atoms with Crippen molar-refractivity contribution < 1.29 is 4.39 Å². The van der Waals surface area contributed by atoms with Gasteiger partial charge in [0, 0.05) is 6.04 Å². The molecule has 1 unspecified atom stereocenters. The minimum Gasteiger partial charge on any atom is -0.316 e. The Hall–Kier alpha value is -0.600. The van der Waals surface area contributed by atoms with Gasteiger partial charge in [-0.05, 0) is 49.9 Å². The highest BCUT2D eigenvalue weighted by Crippen LogP contribution is 2.31. The maximum atomic E-state index is 13.3. The number of hydrogen-bond donors (Lipinski definition) is 1. The van der Waals surface area contributed by atoms with Gasteiger partial charge < -0.3 is 5.32 Å². The van der Waals surface area contributed by atoms with Crippen molar-refractivity contribution in [1.82, 2.24) is 5.32 Å². The molecule has 16 heavy (non-hydrogen) atoms. The molecular formula is C13H17ClFN. The SMILES string of the molecule is CNC(Cc1ccc(Cl)c(F)c1)C1CCC1. The zero-order chi connectivity index (χ0) is 11.5. The monoisotopic (exact) mass is 241 g/mol. The second-order valence-corrected chi connectivity index (χ2v) is 4.95. The van der Waals surface area contributed by atoms with E-state index in [1.54, 1.807) is 12.1 Å². The Bertz CT molecular complexity index is 363. The van der Waals surface area contributed by atoms with E-state index in [0.29, 0.717) is 6.04 Å². The lowest BCUT2D eigenvalue weighted by atomic mass is 9.78. The largest absolute Gasteiger partial charge is 0.316 e. The first-order valence-corrected chi connectivity index (χ1v) is 6.19. The summed E-state index contributed by atoms with van der Waals surface area (Å²) >= 11 is 5.66. The third-order valence-electron chi connectivity index (χ3n) is 3.53. The van der Waals surface area contributed by atoms with Crippen molar-refractivity contribution in [2.45, 2.75) is 31.7 Å². The molecule has 1 nitrogen and oxygen atoms in total. The van der Waals surface area contributed by atoms with E-state index in [2.05, 4.69) is 5.32 Å². The molecular weight excluding hydrogens is 225 g/mol. The lowest BCUT2D eigenvalue weighted by Gasteiger charge is -2.33. The molecule has 1 saturated carbocycles. The number of likely N-dealkylation sites (N-methyl/N-ethyl adjacent to an activating group) is 1. The second kappa shape index (κ2) is 5.15. The van der Waals surface area contributed by atoms with Crippen LogP contribution in [0.1, 0.15) is 24.8 Å². The molecule has 0 saturated heterocycles. The average molecular weight is 242 g/mol. The topological polar surface area (TPSA) is 12.0 Å². The maximum Gasteiger partial charge on any atom is 0.142 e. The first-order chi connectivity index (χ1) is 7.70. The normalized spacial score (nSPS) is 18.2.